The van der Waals surface area contributed by atoms with Crippen molar-refractivity contribution in [1.82, 2.24) is 30.0 Å². The summed E-state index contributed by atoms with van der Waals surface area (Å²) in [5.41, 5.74) is 3.24. The Bertz CT molecular complexity index is 1750. The van der Waals surface area contributed by atoms with Gasteiger partial charge in [0.15, 0.2) is 11.0 Å². The van der Waals surface area contributed by atoms with Gasteiger partial charge in [0.05, 0.1) is 16.7 Å². The first-order valence-electron chi connectivity index (χ1n) is 15.5. The number of benzene rings is 2. The van der Waals surface area contributed by atoms with Crippen LogP contribution in [0.2, 0.25) is 5.02 Å². The van der Waals surface area contributed by atoms with Crippen LogP contribution in [-0.4, -0.2) is 86.9 Å². The summed E-state index contributed by atoms with van der Waals surface area (Å²) in [5.74, 6) is 0.303. The molecule has 8 nitrogen and oxygen atoms in total. The first-order chi connectivity index (χ1) is 21.3. The molecule has 1 amide bonds. The van der Waals surface area contributed by atoms with E-state index in [1.165, 1.54) is 6.08 Å². The number of rotatable bonds is 6. The van der Waals surface area contributed by atoms with Gasteiger partial charge in [-0.1, -0.05) is 42.9 Å². The van der Waals surface area contributed by atoms with Gasteiger partial charge in [0.1, 0.15) is 11.3 Å². The lowest BCUT2D eigenvalue weighted by molar-refractivity contribution is -0.139. The minimum absolute atomic E-state index is 0.00597. The molecule has 11 heteroatoms. The number of piperidine rings is 2. The second kappa shape index (κ2) is 11.6. The summed E-state index contributed by atoms with van der Waals surface area (Å²) in [6, 6.07) is 5.75. The van der Waals surface area contributed by atoms with Gasteiger partial charge in [-0.3, -0.25) is 9.89 Å². The summed E-state index contributed by atoms with van der Waals surface area (Å²) in [6.45, 7) is 14.0. The van der Waals surface area contributed by atoms with Crippen molar-refractivity contribution in [3.05, 3.63) is 53.5 Å². The fraction of sp³-hybridized carbons (Fsp3) is 0.455. The minimum atomic E-state index is -0.429. The predicted octanol–water partition coefficient (Wildman–Crippen LogP) is 6.47. The van der Waals surface area contributed by atoms with E-state index in [4.69, 9.17) is 21.6 Å². The summed E-state index contributed by atoms with van der Waals surface area (Å²) in [7, 11) is 0. The number of hydrogen-bond acceptors (Lipinski definition) is 7. The number of nitrogens with one attached hydrogen (secondary N) is 1. The number of carbonyl (C=O) groups is 1. The molecule has 4 aromatic rings. The first kappa shape index (κ1) is 29.5. The second-order valence-electron chi connectivity index (χ2n) is 12.5. The summed E-state index contributed by atoms with van der Waals surface area (Å²) in [6.07, 6.45) is 7.09. The molecular weight excluding hydrogens is 597 g/mol. The number of thioether (sulfide) groups is 1. The number of fused-ring (bicyclic) bond motifs is 2. The van der Waals surface area contributed by atoms with E-state index in [-0.39, 0.29) is 11.3 Å². The van der Waals surface area contributed by atoms with E-state index in [2.05, 4.69) is 33.5 Å². The molecule has 1 N–H and O–H groups in total. The van der Waals surface area contributed by atoms with Crippen molar-refractivity contribution < 1.29 is 9.18 Å². The van der Waals surface area contributed by atoms with Gasteiger partial charge in [-0.25, -0.2) is 14.4 Å². The molecule has 7 rings (SSSR count). The van der Waals surface area contributed by atoms with Crippen molar-refractivity contribution in [2.24, 2.45) is 5.41 Å². The third-order valence-corrected chi connectivity index (χ3v) is 11.3. The van der Waals surface area contributed by atoms with Crippen LogP contribution in [0.3, 0.4) is 0 Å². The van der Waals surface area contributed by atoms with Crippen molar-refractivity contribution in [3.8, 4) is 11.1 Å². The molecule has 2 aromatic heterocycles. The highest BCUT2D eigenvalue weighted by molar-refractivity contribution is 7.99. The van der Waals surface area contributed by atoms with Gasteiger partial charge in [-0.15, -0.1) is 0 Å². The van der Waals surface area contributed by atoms with Gasteiger partial charge in [0.2, 0.25) is 5.91 Å². The highest BCUT2D eigenvalue weighted by Gasteiger charge is 2.46. The topological polar surface area (TPSA) is 81.3 Å². The van der Waals surface area contributed by atoms with Gasteiger partial charge in [0, 0.05) is 58.7 Å². The Kier molecular flexibility index (Phi) is 7.79. The molecule has 1 spiro atoms. The van der Waals surface area contributed by atoms with Crippen LogP contribution in [0.4, 0.5) is 10.2 Å². The number of H-pyrrole nitrogens is 1. The lowest BCUT2D eigenvalue weighted by Crippen LogP contribution is -2.61. The zero-order chi connectivity index (χ0) is 30.6. The molecule has 0 radical (unpaired) electrons. The molecule has 3 aliphatic heterocycles. The maximum Gasteiger partial charge on any atom is 0.245 e. The first-order valence-corrected chi connectivity index (χ1v) is 16.7. The predicted molar refractivity (Wildman–Crippen MR) is 176 cm³/mol. The Hall–Kier alpha value is -3.21. The monoisotopic (exact) mass is 633 g/mol. The van der Waals surface area contributed by atoms with E-state index >= 15 is 4.39 Å². The van der Waals surface area contributed by atoms with Crippen LogP contribution in [0.1, 0.15) is 38.2 Å². The smallest absolute Gasteiger partial charge is 0.245 e. The van der Waals surface area contributed by atoms with Gasteiger partial charge in [-0.2, -0.15) is 5.10 Å². The number of halogens is 2. The maximum absolute atomic E-state index is 16.9. The van der Waals surface area contributed by atoms with E-state index in [1.807, 2.05) is 30.0 Å². The number of nitrogens with zero attached hydrogens (tertiary/aromatic N) is 6. The molecule has 0 unspecified atom stereocenters. The normalized spacial score (nSPS) is 19.2. The van der Waals surface area contributed by atoms with E-state index in [0.29, 0.717) is 31.9 Å². The quantitative estimate of drug-likeness (QED) is 0.193. The molecule has 0 atom stereocenters. The molecule has 0 aliphatic carbocycles. The fourth-order valence-electron chi connectivity index (χ4n) is 7.19. The Balaban J connectivity index is 1.28. The Morgan fingerprint density at radius 2 is 1.91 bits per heavy atom. The number of aromatic amines is 1. The average Bonchev–Trinajstić information content (AvgIpc) is 3.50. The van der Waals surface area contributed by atoms with E-state index < -0.39 is 5.82 Å². The minimum Gasteiger partial charge on any atom is -0.356 e. The van der Waals surface area contributed by atoms with E-state index in [9.17, 15) is 4.79 Å². The van der Waals surface area contributed by atoms with Crippen molar-refractivity contribution >= 4 is 56.9 Å². The molecule has 44 heavy (non-hydrogen) atoms. The number of anilines is 1. The molecule has 3 saturated heterocycles. The summed E-state index contributed by atoms with van der Waals surface area (Å²) in [5, 5.41) is 9.97. The number of likely N-dealkylation sites (tertiary alicyclic amines) is 2. The van der Waals surface area contributed by atoms with Crippen molar-refractivity contribution in [3.63, 3.8) is 0 Å². The number of amides is 1. The van der Waals surface area contributed by atoms with Gasteiger partial charge in [0.25, 0.3) is 0 Å². The van der Waals surface area contributed by atoms with Crippen LogP contribution in [-0.2, 0) is 4.79 Å². The van der Waals surface area contributed by atoms with Gasteiger partial charge < -0.3 is 14.7 Å². The molecular formula is C33H37ClFN7OS. The largest absolute Gasteiger partial charge is 0.356 e. The lowest BCUT2D eigenvalue weighted by Gasteiger charge is -2.54. The van der Waals surface area contributed by atoms with Crippen LogP contribution in [0.15, 0.2) is 42.2 Å². The Morgan fingerprint density at radius 1 is 1.16 bits per heavy atom. The van der Waals surface area contributed by atoms with Crippen molar-refractivity contribution in [1.29, 1.82) is 0 Å². The molecule has 0 saturated carbocycles. The van der Waals surface area contributed by atoms with Crippen LogP contribution >= 0.6 is 23.4 Å². The summed E-state index contributed by atoms with van der Waals surface area (Å²) >= 11 is 8.62. The summed E-state index contributed by atoms with van der Waals surface area (Å²) in [4.78, 5) is 28.6. The van der Waals surface area contributed by atoms with Gasteiger partial charge in [-0.05, 0) is 76.0 Å². The standard InChI is InChI=1S/C33H37ClFN7OS/c1-4-26(43)42-18-33(19-42)10-14-41(15-11-33)31-22-16-24(34)28(27-20(3)6-7-25-23(27)17-36-39-25)29(35)30(22)37-32(38-31)44-21-8-12-40(5-2)13-9-21/h4,6-7,16-17,21H,1,5,8-15,18-19H2,2-3H3,(H,36,39). The average molecular weight is 634 g/mol. The third kappa shape index (κ3) is 5.14. The molecule has 0 bridgehead atoms. The number of aryl methyl sites for hydroxylation is 1. The van der Waals surface area contributed by atoms with Crippen LogP contribution in [0.25, 0.3) is 32.9 Å². The number of hydrogen-bond donors (Lipinski definition) is 1. The zero-order valence-corrected chi connectivity index (χ0v) is 26.8. The SMILES string of the molecule is C=CC(=O)N1CC2(CCN(c3nc(SC4CCN(CC)CC4)nc4c(F)c(-c5c(C)ccc6[nH]ncc56)c(Cl)cc34)CC2)C1. The Labute approximate surface area is 266 Å². The Morgan fingerprint density at radius 3 is 2.61 bits per heavy atom. The highest BCUT2D eigenvalue weighted by atomic mass is 35.5. The van der Waals surface area contributed by atoms with Gasteiger partial charge >= 0.3 is 0 Å². The fourth-order valence-corrected chi connectivity index (χ4v) is 8.51. The molecule has 2 aromatic carbocycles. The van der Waals surface area contributed by atoms with Crippen LogP contribution in [0.5, 0.6) is 0 Å². The summed E-state index contributed by atoms with van der Waals surface area (Å²) < 4.78 is 16.9. The molecule has 3 aliphatic rings. The number of aromatic nitrogens is 4. The molecule has 3 fully saturated rings. The number of carbonyl (C=O) groups excluding carboxylic acids is 1. The van der Waals surface area contributed by atoms with E-state index in [1.54, 1.807) is 18.0 Å². The third-order valence-electron chi connectivity index (χ3n) is 9.84. The maximum atomic E-state index is 16.9. The van der Waals surface area contributed by atoms with Crippen molar-refractivity contribution in [2.45, 2.75) is 49.9 Å². The molecule has 5 heterocycles. The van der Waals surface area contributed by atoms with Crippen LogP contribution in [0, 0.1) is 18.2 Å². The van der Waals surface area contributed by atoms with Crippen molar-refractivity contribution in [2.75, 3.05) is 50.7 Å². The highest BCUT2D eigenvalue weighted by Crippen LogP contribution is 2.45. The second-order valence-corrected chi connectivity index (χ2v) is 14.2. The zero-order valence-electron chi connectivity index (χ0n) is 25.2. The van der Waals surface area contributed by atoms with Crippen LogP contribution < -0.4 is 4.90 Å². The lowest BCUT2D eigenvalue weighted by atomic mass is 9.72. The van der Waals surface area contributed by atoms with E-state index in [0.717, 1.165) is 99.3 Å². The molecule has 230 valence electrons.